The maximum Gasteiger partial charge on any atom is 0.0132 e. The number of nitrogens with zero attached hydrogens (tertiary/aromatic N) is 2. The lowest BCUT2D eigenvalue weighted by Gasteiger charge is -2.61. The number of fused-ring (bicyclic) bond motifs is 4. The van der Waals surface area contributed by atoms with Crippen LogP contribution in [-0.2, 0) is 0 Å². The summed E-state index contributed by atoms with van der Waals surface area (Å²) in [4.78, 5) is 6.88. The van der Waals surface area contributed by atoms with Gasteiger partial charge >= 0.3 is 0 Å². The maximum atomic E-state index is 3.44. The van der Waals surface area contributed by atoms with Gasteiger partial charge in [-0.05, 0) is 174 Å². The van der Waals surface area contributed by atoms with Crippen LogP contribution in [0.3, 0.4) is 0 Å². The molecule has 0 amide bonds. The second kappa shape index (κ2) is 19.8. The normalized spacial score (nSPS) is 47.5. The SMILES string of the molecule is C1CCC(N(C2CCCC(C3C4CCCCC4C(C4CCCC(N(C5CCCCC5)C5CCCC6CCCCC65)C4)C4CCCCC43)C2)C2CCCC3CCCCC32)CC1. The zero-order valence-electron chi connectivity index (χ0n) is 39.6. The first kappa shape index (κ1) is 42.5. The lowest BCUT2D eigenvalue weighted by Crippen LogP contribution is -2.59. The molecule has 60 heavy (non-hydrogen) atoms. The van der Waals surface area contributed by atoms with Gasteiger partial charge in [-0.2, -0.15) is 0 Å². The van der Waals surface area contributed by atoms with Gasteiger partial charge in [-0.25, -0.2) is 0 Å². The standard InChI is InChI=1S/C58H98N2/c1-3-25-45(26-4-1)59(55-37-17-21-41-19-7-9-31-49(41)55)47-29-15-23-43(39-47)57-51-33-11-13-35-53(51)58(54-36-14-12-34-52(54)57)44-24-16-30-48(40-44)60(46-27-5-2-6-28-46)56-38-18-22-42-20-8-10-32-50(42)56/h41-58H,1-40H2. The average Bonchev–Trinajstić information content (AvgIpc) is 3.32. The van der Waals surface area contributed by atoms with E-state index in [0.717, 1.165) is 107 Å². The van der Waals surface area contributed by atoms with E-state index < -0.39 is 0 Å². The topological polar surface area (TPSA) is 6.48 Å². The molecule has 0 aromatic heterocycles. The molecule has 0 aromatic rings. The highest BCUT2D eigenvalue weighted by atomic mass is 15.2. The fraction of sp³-hybridized carbons (Fsp3) is 1.00. The molecule has 0 heterocycles. The van der Waals surface area contributed by atoms with Crippen LogP contribution in [0.15, 0.2) is 0 Å². The molecular weight excluding hydrogens is 725 g/mol. The van der Waals surface area contributed by atoms with E-state index in [1.807, 2.05) is 0 Å². The summed E-state index contributed by atoms with van der Waals surface area (Å²) >= 11 is 0. The minimum atomic E-state index is 0.924. The molecule has 0 spiro atoms. The third-order valence-electron chi connectivity index (χ3n) is 22.9. The van der Waals surface area contributed by atoms with Crippen LogP contribution >= 0.6 is 0 Å². The molecule has 2 heteroatoms. The lowest BCUT2D eigenvalue weighted by molar-refractivity contribution is -0.126. The van der Waals surface area contributed by atoms with Crippen molar-refractivity contribution in [2.45, 2.75) is 293 Å². The van der Waals surface area contributed by atoms with Crippen LogP contribution in [0, 0.1) is 71.0 Å². The van der Waals surface area contributed by atoms with Crippen LogP contribution in [0.1, 0.15) is 257 Å². The molecule has 0 radical (unpaired) electrons. The predicted octanol–water partition coefficient (Wildman–Crippen LogP) is 15.9. The van der Waals surface area contributed by atoms with Crippen molar-refractivity contribution in [3.8, 4) is 0 Å². The first-order valence-corrected chi connectivity index (χ1v) is 29.3. The first-order chi connectivity index (χ1) is 29.8. The number of hydrogen-bond acceptors (Lipinski definition) is 2. The lowest BCUT2D eigenvalue weighted by atomic mass is 9.45. The quantitative estimate of drug-likeness (QED) is 0.241. The zero-order valence-corrected chi connectivity index (χ0v) is 39.6. The Morgan fingerprint density at radius 3 is 0.883 bits per heavy atom. The number of hydrogen-bond donors (Lipinski definition) is 0. The summed E-state index contributed by atoms with van der Waals surface area (Å²) < 4.78 is 0. The molecule has 11 aliphatic rings. The minimum absolute atomic E-state index is 0.924. The van der Waals surface area contributed by atoms with Crippen molar-refractivity contribution >= 4 is 0 Å². The summed E-state index contributed by atoms with van der Waals surface area (Å²) in [6.45, 7) is 0. The molecule has 0 N–H and O–H groups in total. The van der Waals surface area contributed by atoms with Gasteiger partial charge in [0.05, 0.1) is 0 Å². The summed E-state index contributed by atoms with van der Waals surface area (Å²) in [6, 6.07) is 5.60. The van der Waals surface area contributed by atoms with E-state index in [4.69, 9.17) is 0 Å². The molecule has 340 valence electrons. The molecule has 11 saturated carbocycles. The second-order valence-corrected chi connectivity index (χ2v) is 25.4. The van der Waals surface area contributed by atoms with Gasteiger partial charge in [0.25, 0.3) is 0 Å². The molecule has 14 atom stereocenters. The minimum Gasteiger partial charge on any atom is -0.294 e. The summed E-state index contributed by atoms with van der Waals surface area (Å²) in [6.07, 6.45) is 62.7. The van der Waals surface area contributed by atoms with Gasteiger partial charge in [-0.3, -0.25) is 9.80 Å². The van der Waals surface area contributed by atoms with E-state index in [0.29, 0.717) is 0 Å². The van der Waals surface area contributed by atoms with Crippen molar-refractivity contribution in [2.24, 2.45) is 71.0 Å². The third-order valence-corrected chi connectivity index (χ3v) is 22.9. The van der Waals surface area contributed by atoms with Crippen LogP contribution < -0.4 is 0 Å². The Balaban J connectivity index is 0.858. The Bertz CT molecular complexity index is 1200. The molecule has 11 rings (SSSR count). The van der Waals surface area contributed by atoms with E-state index in [1.54, 1.807) is 180 Å². The molecule has 0 bridgehead atoms. The Morgan fingerprint density at radius 1 is 0.200 bits per heavy atom. The average molecular weight is 823 g/mol. The summed E-state index contributed by atoms with van der Waals surface area (Å²) in [7, 11) is 0. The fourth-order valence-corrected chi connectivity index (χ4v) is 21.0. The number of rotatable bonds is 8. The second-order valence-electron chi connectivity index (χ2n) is 25.4. The van der Waals surface area contributed by atoms with Gasteiger partial charge in [0, 0.05) is 36.3 Å². The molecular formula is C58H98N2. The van der Waals surface area contributed by atoms with Crippen molar-refractivity contribution in [2.75, 3.05) is 0 Å². The molecule has 0 aliphatic heterocycles. The Labute approximate surface area is 372 Å². The highest BCUT2D eigenvalue weighted by molar-refractivity contribution is 5.07. The van der Waals surface area contributed by atoms with E-state index in [9.17, 15) is 0 Å². The largest absolute Gasteiger partial charge is 0.294 e. The highest BCUT2D eigenvalue weighted by Gasteiger charge is 2.56. The van der Waals surface area contributed by atoms with Gasteiger partial charge in [0.15, 0.2) is 0 Å². The molecule has 11 fully saturated rings. The van der Waals surface area contributed by atoms with Gasteiger partial charge in [-0.15, -0.1) is 0 Å². The van der Waals surface area contributed by atoms with E-state index in [2.05, 4.69) is 9.80 Å². The summed E-state index contributed by atoms with van der Waals surface area (Å²) in [5.74, 6) is 12.9. The maximum absolute atomic E-state index is 3.44. The molecule has 0 saturated heterocycles. The Hall–Kier alpha value is -0.0800. The van der Waals surface area contributed by atoms with Crippen LogP contribution in [0.2, 0.25) is 0 Å². The zero-order chi connectivity index (χ0) is 39.8. The van der Waals surface area contributed by atoms with Gasteiger partial charge in [-0.1, -0.05) is 154 Å². The van der Waals surface area contributed by atoms with Crippen LogP contribution in [0.25, 0.3) is 0 Å². The Morgan fingerprint density at radius 2 is 0.483 bits per heavy atom. The van der Waals surface area contributed by atoms with Crippen molar-refractivity contribution in [3.63, 3.8) is 0 Å². The van der Waals surface area contributed by atoms with Crippen LogP contribution in [0.4, 0.5) is 0 Å². The Kier molecular flexibility index (Phi) is 14.0. The summed E-state index contributed by atoms with van der Waals surface area (Å²) in [5, 5.41) is 0. The van der Waals surface area contributed by atoms with Crippen molar-refractivity contribution in [3.05, 3.63) is 0 Å². The van der Waals surface area contributed by atoms with Gasteiger partial charge in [0.2, 0.25) is 0 Å². The highest BCUT2D eigenvalue weighted by Crippen LogP contribution is 2.63. The van der Waals surface area contributed by atoms with Crippen LogP contribution in [0.5, 0.6) is 0 Å². The fourth-order valence-electron chi connectivity index (χ4n) is 21.0. The predicted molar refractivity (Wildman–Crippen MR) is 253 cm³/mol. The van der Waals surface area contributed by atoms with E-state index >= 15 is 0 Å². The molecule has 14 unspecified atom stereocenters. The molecule has 0 aromatic carbocycles. The molecule has 11 aliphatic carbocycles. The summed E-state index contributed by atoms with van der Waals surface area (Å²) in [5.41, 5.74) is 0. The van der Waals surface area contributed by atoms with E-state index in [1.165, 1.54) is 77.0 Å². The van der Waals surface area contributed by atoms with Gasteiger partial charge < -0.3 is 0 Å². The smallest absolute Gasteiger partial charge is 0.0132 e. The van der Waals surface area contributed by atoms with E-state index in [-0.39, 0.29) is 0 Å². The van der Waals surface area contributed by atoms with Crippen molar-refractivity contribution in [1.82, 2.24) is 9.80 Å². The monoisotopic (exact) mass is 823 g/mol. The van der Waals surface area contributed by atoms with Gasteiger partial charge in [0.1, 0.15) is 0 Å². The van der Waals surface area contributed by atoms with Crippen molar-refractivity contribution < 1.29 is 0 Å². The first-order valence-electron chi connectivity index (χ1n) is 29.3. The molecule has 2 nitrogen and oxygen atoms in total. The third kappa shape index (κ3) is 8.58. The van der Waals surface area contributed by atoms with Crippen molar-refractivity contribution in [1.29, 1.82) is 0 Å². The van der Waals surface area contributed by atoms with Crippen LogP contribution in [-0.4, -0.2) is 46.1 Å².